The second kappa shape index (κ2) is 5.07. The van der Waals surface area contributed by atoms with Crippen LogP contribution in [-0.4, -0.2) is 20.9 Å². The van der Waals surface area contributed by atoms with E-state index in [1.165, 1.54) is 0 Å². The zero-order chi connectivity index (χ0) is 14.1. The Balaban J connectivity index is 1.70. The number of amides is 1. The van der Waals surface area contributed by atoms with Gasteiger partial charge < -0.3 is 10.3 Å². The van der Waals surface area contributed by atoms with Gasteiger partial charge in [0.15, 0.2) is 0 Å². The Kier molecular flexibility index (Phi) is 3.26. The average Bonchev–Trinajstić information content (AvgIpc) is 2.77. The van der Waals surface area contributed by atoms with Gasteiger partial charge in [-0.05, 0) is 44.4 Å². The van der Waals surface area contributed by atoms with Gasteiger partial charge in [0.25, 0.3) is 0 Å². The second-order valence-corrected chi connectivity index (χ2v) is 5.39. The number of anilines is 1. The number of pyridine rings is 1. The first-order valence-corrected chi connectivity index (χ1v) is 6.89. The highest BCUT2D eigenvalue weighted by Gasteiger charge is 2.27. The molecule has 1 atom stereocenters. The van der Waals surface area contributed by atoms with Gasteiger partial charge in [0, 0.05) is 24.2 Å². The number of fused-ring (bicyclic) bond motifs is 1. The number of H-pyrrole nitrogens is 1. The molecule has 5 nitrogen and oxygen atoms in total. The summed E-state index contributed by atoms with van der Waals surface area (Å²) in [4.78, 5) is 24.2. The van der Waals surface area contributed by atoms with E-state index in [9.17, 15) is 4.79 Å². The highest BCUT2D eigenvalue weighted by molar-refractivity contribution is 5.92. The fraction of sp³-hybridized carbons (Fsp3) is 0.400. The van der Waals surface area contributed by atoms with E-state index in [1.54, 1.807) is 6.20 Å². The summed E-state index contributed by atoms with van der Waals surface area (Å²) in [5, 5.41) is 2.91. The van der Waals surface area contributed by atoms with E-state index in [-0.39, 0.29) is 11.8 Å². The molecule has 0 radical (unpaired) electrons. The normalized spacial score (nSPS) is 17.6. The van der Waals surface area contributed by atoms with Crippen molar-refractivity contribution in [1.82, 2.24) is 15.0 Å². The van der Waals surface area contributed by atoms with E-state index in [1.807, 2.05) is 26.0 Å². The van der Waals surface area contributed by atoms with Crippen LogP contribution in [0.25, 0.3) is 0 Å². The molecule has 1 aliphatic carbocycles. The van der Waals surface area contributed by atoms with E-state index in [4.69, 9.17) is 0 Å². The lowest BCUT2D eigenvalue weighted by atomic mass is 9.89. The molecule has 0 saturated heterocycles. The fourth-order valence-corrected chi connectivity index (χ4v) is 2.68. The van der Waals surface area contributed by atoms with Gasteiger partial charge >= 0.3 is 0 Å². The van der Waals surface area contributed by atoms with Crippen molar-refractivity contribution in [1.29, 1.82) is 0 Å². The predicted octanol–water partition coefficient (Wildman–Crippen LogP) is 2.17. The number of carbonyl (C=O) groups excluding carboxylic acids is 1. The topological polar surface area (TPSA) is 70.7 Å². The van der Waals surface area contributed by atoms with Gasteiger partial charge in [0.05, 0.1) is 5.69 Å². The van der Waals surface area contributed by atoms with Gasteiger partial charge in [0.2, 0.25) is 5.91 Å². The van der Waals surface area contributed by atoms with Crippen molar-refractivity contribution >= 4 is 11.7 Å². The predicted molar refractivity (Wildman–Crippen MR) is 76.4 cm³/mol. The molecule has 0 aliphatic heterocycles. The Bertz CT molecular complexity index is 647. The first-order valence-electron chi connectivity index (χ1n) is 6.89. The second-order valence-electron chi connectivity index (χ2n) is 5.39. The van der Waals surface area contributed by atoms with Gasteiger partial charge in [-0.2, -0.15) is 0 Å². The van der Waals surface area contributed by atoms with Crippen molar-refractivity contribution in [3.05, 3.63) is 41.1 Å². The molecule has 20 heavy (non-hydrogen) atoms. The van der Waals surface area contributed by atoms with Gasteiger partial charge in [-0.1, -0.05) is 0 Å². The Labute approximate surface area is 117 Å². The van der Waals surface area contributed by atoms with Crippen LogP contribution in [0.1, 0.15) is 29.2 Å². The Morgan fingerprint density at radius 1 is 1.45 bits per heavy atom. The lowest BCUT2D eigenvalue weighted by Gasteiger charge is -2.20. The van der Waals surface area contributed by atoms with Crippen molar-refractivity contribution in [2.45, 2.75) is 33.1 Å². The molecule has 0 spiro atoms. The number of aryl methyl sites for hydroxylation is 3. The summed E-state index contributed by atoms with van der Waals surface area (Å²) in [5.74, 6) is 1.59. The highest BCUT2D eigenvalue weighted by Crippen LogP contribution is 2.24. The summed E-state index contributed by atoms with van der Waals surface area (Å²) < 4.78 is 0. The molecule has 3 rings (SSSR count). The van der Waals surface area contributed by atoms with Crippen LogP contribution in [0, 0.1) is 19.8 Å². The van der Waals surface area contributed by atoms with Crippen molar-refractivity contribution in [3.8, 4) is 0 Å². The molecule has 0 aromatic carbocycles. The summed E-state index contributed by atoms with van der Waals surface area (Å²) in [6.07, 6.45) is 4.14. The zero-order valence-corrected chi connectivity index (χ0v) is 11.7. The highest BCUT2D eigenvalue weighted by atomic mass is 16.1. The standard InChI is InChI=1S/C15H18N4O/c1-9-5-6-16-14(7-9)19-15(20)11-3-4-12-13(8-11)18-10(2)17-12/h5-7,11H,3-4,8H2,1-2H3,(H,17,18)(H,16,19,20)/t11-/m0/s1. The molecule has 0 saturated carbocycles. The van der Waals surface area contributed by atoms with Crippen LogP contribution in [0.5, 0.6) is 0 Å². The number of aromatic amines is 1. The first kappa shape index (κ1) is 12.8. The third-order valence-electron chi connectivity index (χ3n) is 3.70. The molecule has 2 heterocycles. The fourth-order valence-electron chi connectivity index (χ4n) is 2.68. The molecule has 0 unspecified atom stereocenters. The minimum atomic E-state index is -0.00957. The Hall–Kier alpha value is -2.17. The molecule has 1 aliphatic rings. The number of hydrogen-bond acceptors (Lipinski definition) is 3. The Morgan fingerprint density at radius 2 is 2.30 bits per heavy atom. The van der Waals surface area contributed by atoms with Gasteiger partial charge in [0.1, 0.15) is 11.6 Å². The monoisotopic (exact) mass is 270 g/mol. The summed E-state index contributed by atoms with van der Waals surface area (Å²) in [6, 6.07) is 3.79. The van der Waals surface area contributed by atoms with Crippen LogP contribution in [0.3, 0.4) is 0 Å². The summed E-state index contributed by atoms with van der Waals surface area (Å²) in [5.41, 5.74) is 3.30. The van der Waals surface area contributed by atoms with Gasteiger partial charge in [-0.3, -0.25) is 4.79 Å². The third kappa shape index (κ3) is 2.57. The largest absolute Gasteiger partial charge is 0.346 e. The van der Waals surface area contributed by atoms with E-state index in [0.29, 0.717) is 5.82 Å². The van der Waals surface area contributed by atoms with Crippen molar-refractivity contribution in [3.63, 3.8) is 0 Å². The molecular formula is C15H18N4O. The Morgan fingerprint density at radius 3 is 3.10 bits per heavy atom. The van der Waals surface area contributed by atoms with Crippen LogP contribution in [0.2, 0.25) is 0 Å². The quantitative estimate of drug-likeness (QED) is 0.878. The number of nitrogens with one attached hydrogen (secondary N) is 2. The van der Waals surface area contributed by atoms with Gasteiger partial charge in [-0.25, -0.2) is 9.97 Å². The smallest absolute Gasteiger partial charge is 0.229 e. The SMILES string of the molecule is Cc1ccnc(NC(=O)[C@H]2CCc3nc(C)[nH]c3C2)c1. The van der Waals surface area contributed by atoms with Crippen LogP contribution in [0.4, 0.5) is 5.82 Å². The van der Waals surface area contributed by atoms with Crippen LogP contribution < -0.4 is 5.32 Å². The molecule has 104 valence electrons. The van der Waals surface area contributed by atoms with E-state index in [0.717, 1.165) is 42.0 Å². The maximum Gasteiger partial charge on any atom is 0.229 e. The minimum Gasteiger partial charge on any atom is -0.346 e. The lowest BCUT2D eigenvalue weighted by Crippen LogP contribution is -2.28. The number of carbonyl (C=O) groups is 1. The molecule has 5 heteroatoms. The summed E-state index contributed by atoms with van der Waals surface area (Å²) in [7, 11) is 0. The average molecular weight is 270 g/mol. The van der Waals surface area contributed by atoms with Gasteiger partial charge in [-0.15, -0.1) is 0 Å². The van der Waals surface area contributed by atoms with E-state index in [2.05, 4.69) is 20.3 Å². The number of hydrogen-bond donors (Lipinski definition) is 2. The first-order chi connectivity index (χ1) is 9.61. The van der Waals surface area contributed by atoms with Crippen molar-refractivity contribution in [2.24, 2.45) is 5.92 Å². The zero-order valence-electron chi connectivity index (χ0n) is 11.7. The molecule has 1 amide bonds. The maximum atomic E-state index is 12.3. The van der Waals surface area contributed by atoms with E-state index < -0.39 is 0 Å². The van der Waals surface area contributed by atoms with Crippen LogP contribution >= 0.6 is 0 Å². The number of aromatic nitrogens is 3. The number of rotatable bonds is 2. The third-order valence-corrected chi connectivity index (χ3v) is 3.70. The summed E-state index contributed by atoms with van der Waals surface area (Å²) in [6.45, 7) is 3.93. The summed E-state index contributed by atoms with van der Waals surface area (Å²) >= 11 is 0. The molecule has 2 aromatic heterocycles. The molecule has 0 fully saturated rings. The molecule has 0 bridgehead atoms. The number of nitrogens with zero attached hydrogens (tertiary/aromatic N) is 2. The van der Waals surface area contributed by atoms with Crippen LogP contribution in [-0.2, 0) is 17.6 Å². The van der Waals surface area contributed by atoms with Crippen molar-refractivity contribution < 1.29 is 4.79 Å². The van der Waals surface area contributed by atoms with Crippen LogP contribution in [0.15, 0.2) is 18.3 Å². The molecular weight excluding hydrogens is 252 g/mol. The lowest BCUT2D eigenvalue weighted by molar-refractivity contribution is -0.120. The van der Waals surface area contributed by atoms with Crippen molar-refractivity contribution in [2.75, 3.05) is 5.32 Å². The number of imidazole rings is 1. The minimum absolute atomic E-state index is 0.00957. The molecule has 2 aromatic rings. The molecule has 2 N–H and O–H groups in total. The van der Waals surface area contributed by atoms with E-state index >= 15 is 0 Å². The maximum absolute atomic E-state index is 12.3.